The molecule has 0 spiro atoms. The van der Waals surface area contributed by atoms with Crippen LogP contribution in [0.2, 0.25) is 10.0 Å². The van der Waals surface area contributed by atoms with Gasteiger partial charge < -0.3 is 10.4 Å². The van der Waals surface area contributed by atoms with Crippen LogP contribution < -0.4 is 10.7 Å². The maximum atomic E-state index is 13.0. The maximum absolute atomic E-state index is 13.0. The van der Waals surface area contributed by atoms with E-state index >= 15 is 0 Å². The van der Waals surface area contributed by atoms with Crippen molar-refractivity contribution in [2.75, 3.05) is 11.9 Å². The number of halogens is 5. The van der Waals surface area contributed by atoms with E-state index in [0.29, 0.717) is 12.0 Å². The summed E-state index contributed by atoms with van der Waals surface area (Å²) in [5.41, 5.74) is 2.18. The van der Waals surface area contributed by atoms with Gasteiger partial charge in [0.2, 0.25) is 0 Å². The minimum Gasteiger partial charge on any atom is -0.395 e. The first-order valence-corrected chi connectivity index (χ1v) is 11.3. The maximum Gasteiger partial charge on any atom is 0.417 e. The zero-order valence-corrected chi connectivity index (χ0v) is 20.4. The third kappa shape index (κ3) is 7.82. The number of aliphatic hydroxyl groups excluding tert-OH is 1. The van der Waals surface area contributed by atoms with Gasteiger partial charge in [0, 0.05) is 22.6 Å². The monoisotopic (exact) mass is 547 g/mol. The lowest BCUT2D eigenvalue weighted by Gasteiger charge is -2.11. The average Bonchev–Trinajstić information content (AvgIpc) is 2.85. The van der Waals surface area contributed by atoms with Crippen LogP contribution in [0.15, 0.2) is 65.8 Å². The molecule has 190 valence electrons. The van der Waals surface area contributed by atoms with Crippen molar-refractivity contribution in [2.24, 2.45) is 5.10 Å². The average molecular weight is 548 g/mol. The summed E-state index contributed by atoms with van der Waals surface area (Å²) < 4.78 is 39.1. The van der Waals surface area contributed by atoms with Crippen LogP contribution >= 0.6 is 23.2 Å². The highest BCUT2D eigenvalue weighted by atomic mass is 35.5. The van der Waals surface area contributed by atoms with Gasteiger partial charge in [-0.2, -0.15) is 18.3 Å². The van der Waals surface area contributed by atoms with Crippen LogP contribution in [-0.4, -0.2) is 29.7 Å². The molecule has 6 nitrogen and oxygen atoms in total. The summed E-state index contributed by atoms with van der Waals surface area (Å²) >= 11 is 11.6. The van der Waals surface area contributed by atoms with E-state index in [9.17, 15) is 22.8 Å². The smallest absolute Gasteiger partial charge is 0.395 e. The van der Waals surface area contributed by atoms with Gasteiger partial charge in [0.1, 0.15) is 0 Å². The third-order valence-corrected chi connectivity index (χ3v) is 5.31. The Morgan fingerprint density at radius 1 is 1.03 bits per heavy atom. The van der Waals surface area contributed by atoms with E-state index in [4.69, 9.17) is 28.3 Å². The molecule has 37 heavy (non-hydrogen) atoms. The lowest BCUT2D eigenvalue weighted by Crippen LogP contribution is -2.21. The molecule has 0 aliphatic heterocycles. The van der Waals surface area contributed by atoms with Gasteiger partial charge in [0.05, 0.1) is 34.7 Å². The SMILES string of the molecule is O=C(Nc1ccc(Cl)cc1C(=O)NN=Cc1ccc(Cl)c(C(F)(F)F)c1)c1cccc(C#CCCO)c1. The highest BCUT2D eigenvalue weighted by molar-refractivity contribution is 6.31. The zero-order valence-electron chi connectivity index (χ0n) is 18.9. The van der Waals surface area contributed by atoms with Crippen molar-refractivity contribution in [1.82, 2.24) is 5.43 Å². The highest BCUT2D eigenvalue weighted by Crippen LogP contribution is 2.34. The Hall–Kier alpha value is -3.84. The Morgan fingerprint density at radius 2 is 1.81 bits per heavy atom. The number of carbonyl (C=O) groups is 2. The molecule has 3 aromatic rings. The van der Waals surface area contributed by atoms with Crippen LogP contribution in [0.5, 0.6) is 0 Å². The Bertz CT molecular complexity index is 1410. The summed E-state index contributed by atoms with van der Waals surface area (Å²) in [4.78, 5) is 25.5. The summed E-state index contributed by atoms with van der Waals surface area (Å²) in [6.45, 7) is -0.0765. The van der Waals surface area contributed by atoms with Gasteiger partial charge in [-0.1, -0.05) is 47.2 Å². The van der Waals surface area contributed by atoms with Gasteiger partial charge in [-0.3, -0.25) is 9.59 Å². The molecule has 0 bridgehead atoms. The van der Waals surface area contributed by atoms with Crippen LogP contribution in [0.3, 0.4) is 0 Å². The summed E-state index contributed by atoms with van der Waals surface area (Å²) in [5.74, 6) is 4.32. The number of anilines is 1. The van der Waals surface area contributed by atoms with Gasteiger partial charge in [-0.25, -0.2) is 5.43 Å². The number of aliphatic hydroxyl groups is 1. The van der Waals surface area contributed by atoms with Crippen LogP contribution in [0.25, 0.3) is 0 Å². The fraction of sp³-hybridized carbons (Fsp3) is 0.115. The molecule has 2 amide bonds. The fourth-order valence-corrected chi connectivity index (χ4v) is 3.43. The van der Waals surface area contributed by atoms with Gasteiger partial charge in [0.25, 0.3) is 11.8 Å². The molecule has 11 heteroatoms. The topological polar surface area (TPSA) is 90.8 Å². The quantitative estimate of drug-likeness (QED) is 0.208. The first-order chi connectivity index (χ1) is 17.6. The standard InChI is InChI=1S/C26H18Cl2F3N3O3/c27-19-8-10-23(33-24(36)18-6-3-5-16(12-18)4-1-2-11-35)20(14-19)25(37)34-32-15-17-7-9-22(28)21(13-17)26(29,30)31/h3,5-10,12-15,35H,2,11H2,(H,33,36)(H,34,37). The predicted octanol–water partition coefficient (Wildman–Crippen LogP) is 5.76. The van der Waals surface area contributed by atoms with Crippen molar-refractivity contribution in [3.8, 4) is 11.8 Å². The van der Waals surface area contributed by atoms with E-state index in [1.807, 2.05) is 0 Å². The molecule has 3 rings (SSSR count). The van der Waals surface area contributed by atoms with Crippen molar-refractivity contribution in [1.29, 1.82) is 0 Å². The highest BCUT2D eigenvalue weighted by Gasteiger charge is 2.33. The molecule has 3 N–H and O–H groups in total. The van der Waals surface area contributed by atoms with E-state index in [-0.39, 0.29) is 34.0 Å². The Balaban J connectivity index is 1.77. The zero-order chi connectivity index (χ0) is 27.0. The number of amides is 2. The van der Waals surface area contributed by atoms with Crippen molar-refractivity contribution in [3.05, 3.63) is 98.5 Å². The van der Waals surface area contributed by atoms with Crippen LogP contribution in [0.4, 0.5) is 18.9 Å². The molecular formula is C26H18Cl2F3N3O3. The summed E-state index contributed by atoms with van der Waals surface area (Å²) in [5, 5.41) is 14.9. The molecule has 3 aromatic carbocycles. The normalized spacial score (nSPS) is 11.1. The fourth-order valence-electron chi connectivity index (χ4n) is 3.03. The number of nitrogens with one attached hydrogen (secondary N) is 2. The number of rotatable bonds is 6. The first-order valence-electron chi connectivity index (χ1n) is 10.6. The molecule has 0 aliphatic carbocycles. The number of hydrogen-bond donors (Lipinski definition) is 3. The molecule has 0 saturated carbocycles. The van der Waals surface area contributed by atoms with Gasteiger partial charge in [0.15, 0.2) is 0 Å². The Kier molecular flexibility index (Phi) is 9.31. The molecule has 0 heterocycles. The molecular weight excluding hydrogens is 530 g/mol. The summed E-state index contributed by atoms with van der Waals surface area (Å²) in [6, 6.07) is 13.9. The number of hydrazone groups is 1. The van der Waals surface area contributed by atoms with Gasteiger partial charge >= 0.3 is 6.18 Å². The number of hydrogen-bond acceptors (Lipinski definition) is 4. The van der Waals surface area contributed by atoms with E-state index in [0.717, 1.165) is 18.3 Å². The van der Waals surface area contributed by atoms with Crippen molar-refractivity contribution in [3.63, 3.8) is 0 Å². The third-order valence-electron chi connectivity index (χ3n) is 4.74. The van der Waals surface area contributed by atoms with Gasteiger partial charge in [-0.05, 0) is 54.1 Å². The second-order valence-electron chi connectivity index (χ2n) is 7.44. The largest absolute Gasteiger partial charge is 0.417 e. The molecule has 0 unspecified atom stereocenters. The van der Waals surface area contributed by atoms with Crippen LogP contribution in [-0.2, 0) is 6.18 Å². The predicted molar refractivity (Wildman–Crippen MR) is 136 cm³/mol. The minimum absolute atomic E-state index is 0.0241. The minimum atomic E-state index is -4.65. The lowest BCUT2D eigenvalue weighted by molar-refractivity contribution is -0.137. The lowest BCUT2D eigenvalue weighted by atomic mass is 10.1. The summed E-state index contributed by atoms with van der Waals surface area (Å²) in [7, 11) is 0. The Labute approximate surface area is 220 Å². The second-order valence-corrected chi connectivity index (χ2v) is 8.28. The molecule has 0 atom stereocenters. The molecule has 0 aliphatic rings. The number of alkyl halides is 3. The van der Waals surface area contributed by atoms with Crippen molar-refractivity contribution >= 4 is 46.9 Å². The van der Waals surface area contributed by atoms with Crippen LogP contribution in [0, 0.1) is 11.8 Å². The van der Waals surface area contributed by atoms with E-state index in [1.165, 1.54) is 24.3 Å². The molecule has 0 fully saturated rings. The van der Waals surface area contributed by atoms with Crippen molar-refractivity contribution in [2.45, 2.75) is 12.6 Å². The summed E-state index contributed by atoms with van der Waals surface area (Å²) in [6.07, 6.45) is -3.33. The Morgan fingerprint density at radius 3 is 2.54 bits per heavy atom. The molecule has 0 radical (unpaired) electrons. The molecule has 0 saturated heterocycles. The van der Waals surface area contributed by atoms with E-state index in [2.05, 4.69) is 27.7 Å². The van der Waals surface area contributed by atoms with Crippen LogP contribution in [0.1, 0.15) is 43.8 Å². The number of benzene rings is 3. The van der Waals surface area contributed by atoms with E-state index < -0.39 is 28.6 Å². The van der Waals surface area contributed by atoms with Gasteiger partial charge in [-0.15, -0.1) is 0 Å². The molecule has 0 aromatic heterocycles. The van der Waals surface area contributed by atoms with Crippen molar-refractivity contribution < 1.29 is 27.9 Å². The van der Waals surface area contributed by atoms with E-state index in [1.54, 1.807) is 24.3 Å². The number of carbonyl (C=O) groups excluding carboxylic acids is 2. The second kappa shape index (κ2) is 12.4. The number of nitrogens with zero attached hydrogens (tertiary/aromatic N) is 1. The first kappa shape index (κ1) is 27.7.